The summed E-state index contributed by atoms with van der Waals surface area (Å²) in [7, 11) is 0. The molecule has 1 aliphatic rings. The Hall–Kier alpha value is -0.410. The Morgan fingerprint density at radius 2 is 2.50 bits per heavy atom. The lowest BCUT2D eigenvalue weighted by molar-refractivity contribution is -0.112. The van der Waals surface area contributed by atoms with Gasteiger partial charge >= 0.3 is 0 Å². The fraction of sp³-hybridized carbons (Fsp3) is 0.889. The van der Waals surface area contributed by atoms with Gasteiger partial charge in [0.05, 0.1) is 13.2 Å². The SMILES string of the molecule is CC(C=O)CN1CCOCC1C. The third-order valence-corrected chi connectivity index (χ3v) is 2.26. The summed E-state index contributed by atoms with van der Waals surface area (Å²) in [6.45, 7) is 7.51. The number of morpholine rings is 1. The van der Waals surface area contributed by atoms with Crippen LogP contribution in [-0.2, 0) is 9.53 Å². The third-order valence-electron chi connectivity index (χ3n) is 2.26. The van der Waals surface area contributed by atoms with E-state index in [0.717, 1.165) is 32.6 Å². The Labute approximate surface area is 73.7 Å². The molecule has 0 amide bonds. The normalized spacial score (nSPS) is 28.3. The maximum Gasteiger partial charge on any atom is 0.124 e. The lowest BCUT2D eigenvalue weighted by Gasteiger charge is -2.33. The monoisotopic (exact) mass is 171 g/mol. The molecule has 1 heterocycles. The molecule has 3 heteroatoms. The van der Waals surface area contributed by atoms with Crippen molar-refractivity contribution in [2.75, 3.05) is 26.3 Å². The molecule has 0 saturated carbocycles. The molecule has 0 aromatic carbocycles. The van der Waals surface area contributed by atoms with Crippen LogP contribution in [0.5, 0.6) is 0 Å². The van der Waals surface area contributed by atoms with Crippen molar-refractivity contribution in [1.82, 2.24) is 4.90 Å². The Morgan fingerprint density at radius 1 is 1.75 bits per heavy atom. The molecule has 0 bridgehead atoms. The summed E-state index contributed by atoms with van der Waals surface area (Å²) < 4.78 is 5.30. The highest BCUT2D eigenvalue weighted by molar-refractivity contribution is 5.53. The van der Waals surface area contributed by atoms with Gasteiger partial charge in [0.2, 0.25) is 0 Å². The van der Waals surface area contributed by atoms with Crippen LogP contribution >= 0.6 is 0 Å². The van der Waals surface area contributed by atoms with Crippen LogP contribution in [-0.4, -0.2) is 43.5 Å². The zero-order chi connectivity index (χ0) is 8.97. The molecule has 3 nitrogen and oxygen atoms in total. The molecule has 70 valence electrons. The van der Waals surface area contributed by atoms with Crippen LogP contribution in [0.1, 0.15) is 13.8 Å². The third kappa shape index (κ3) is 2.57. The van der Waals surface area contributed by atoms with Gasteiger partial charge in [-0.25, -0.2) is 0 Å². The van der Waals surface area contributed by atoms with Gasteiger partial charge in [-0.05, 0) is 6.92 Å². The van der Waals surface area contributed by atoms with Gasteiger partial charge in [0.1, 0.15) is 6.29 Å². The minimum Gasteiger partial charge on any atom is -0.379 e. The first-order chi connectivity index (χ1) is 5.74. The highest BCUT2D eigenvalue weighted by Crippen LogP contribution is 2.07. The molecule has 0 aliphatic carbocycles. The van der Waals surface area contributed by atoms with Gasteiger partial charge < -0.3 is 9.53 Å². The largest absolute Gasteiger partial charge is 0.379 e. The van der Waals surface area contributed by atoms with E-state index in [1.807, 2.05) is 6.92 Å². The van der Waals surface area contributed by atoms with Crippen molar-refractivity contribution in [2.24, 2.45) is 5.92 Å². The maximum absolute atomic E-state index is 10.4. The predicted octanol–water partition coefficient (Wildman–Crippen LogP) is 0.542. The smallest absolute Gasteiger partial charge is 0.124 e. The number of hydrogen-bond acceptors (Lipinski definition) is 3. The van der Waals surface area contributed by atoms with Crippen molar-refractivity contribution >= 4 is 6.29 Å². The van der Waals surface area contributed by atoms with E-state index in [9.17, 15) is 4.79 Å². The van der Waals surface area contributed by atoms with Crippen LogP contribution in [0.3, 0.4) is 0 Å². The number of nitrogens with zero attached hydrogens (tertiary/aromatic N) is 1. The van der Waals surface area contributed by atoms with Crippen molar-refractivity contribution < 1.29 is 9.53 Å². The average Bonchev–Trinajstić information content (AvgIpc) is 2.09. The highest BCUT2D eigenvalue weighted by atomic mass is 16.5. The molecule has 0 radical (unpaired) electrons. The first-order valence-corrected chi connectivity index (χ1v) is 4.51. The van der Waals surface area contributed by atoms with E-state index in [4.69, 9.17) is 4.74 Å². The van der Waals surface area contributed by atoms with Gasteiger partial charge in [-0.2, -0.15) is 0 Å². The van der Waals surface area contributed by atoms with Gasteiger partial charge in [-0.3, -0.25) is 4.90 Å². The van der Waals surface area contributed by atoms with E-state index in [0.29, 0.717) is 6.04 Å². The molecule has 2 atom stereocenters. The average molecular weight is 171 g/mol. The Kier molecular flexibility index (Phi) is 3.69. The zero-order valence-electron chi connectivity index (χ0n) is 7.82. The van der Waals surface area contributed by atoms with Crippen molar-refractivity contribution in [3.8, 4) is 0 Å². The predicted molar refractivity (Wildman–Crippen MR) is 47.1 cm³/mol. The Bertz CT molecular complexity index is 149. The molecule has 1 fully saturated rings. The number of aldehydes is 1. The van der Waals surface area contributed by atoms with Crippen LogP contribution in [0.25, 0.3) is 0 Å². The number of ether oxygens (including phenoxy) is 1. The van der Waals surface area contributed by atoms with Crippen molar-refractivity contribution in [2.45, 2.75) is 19.9 Å². The van der Waals surface area contributed by atoms with Crippen molar-refractivity contribution in [3.63, 3.8) is 0 Å². The summed E-state index contributed by atoms with van der Waals surface area (Å²) in [5.74, 6) is 0.144. The summed E-state index contributed by atoms with van der Waals surface area (Å²) >= 11 is 0. The van der Waals surface area contributed by atoms with Crippen LogP contribution < -0.4 is 0 Å². The second-order valence-corrected chi connectivity index (χ2v) is 3.53. The highest BCUT2D eigenvalue weighted by Gasteiger charge is 2.19. The van der Waals surface area contributed by atoms with E-state index >= 15 is 0 Å². The molecule has 0 aromatic heterocycles. The maximum atomic E-state index is 10.4. The van der Waals surface area contributed by atoms with Gasteiger partial charge in [0.15, 0.2) is 0 Å². The summed E-state index contributed by atoms with van der Waals surface area (Å²) in [6, 6.07) is 0.459. The number of carbonyl (C=O) groups excluding carboxylic acids is 1. The number of carbonyl (C=O) groups is 1. The quantitative estimate of drug-likeness (QED) is 0.580. The molecule has 1 saturated heterocycles. The first-order valence-electron chi connectivity index (χ1n) is 4.51. The molecular weight excluding hydrogens is 154 g/mol. The van der Waals surface area contributed by atoms with Gasteiger partial charge in [0.25, 0.3) is 0 Å². The van der Waals surface area contributed by atoms with E-state index in [1.54, 1.807) is 0 Å². The fourth-order valence-electron chi connectivity index (χ4n) is 1.45. The lowest BCUT2D eigenvalue weighted by atomic mass is 10.1. The summed E-state index contributed by atoms with van der Waals surface area (Å²) in [4.78, 5) is 12.7. The molecule has 1 rings (SSSR count). The second-order valence-electron chi connectivity index (χ2n) is 3.53. The second kappa shape index (κ2) is 4.58. The van der Waals surface area contributed by atoms with Gasteiger partial charge in [-0.1, -0.05) is 6.92 Å². The number of rotatable bonds is 3. The topological polar surface area (TPSA) is 29.5 Å². The van der Waals surface area contributed by atoms with Crippen molar-refractivity contribution in [1.29, 1.82) is 0 Å². The van der Waals surface area contributed by atoms with E-state index in [1.165, 1.54) is 0 Å². The van der Waals surface area contributed by atoms with E-state index in [2.05, 4.69) is 11.8 Å². The van der Waals surface area contributed by atoms with Crippen LogP contribution in [0.15, 0.2) is 0 Å². The fourth-order valence-corrected chi connectivity index (χ4v) is 1.45. The molecule has 0 aromatic rings. The molecule has 12 heavy (non-hydrogen) atoms. The molecule has 1 aliphatic heterocycles. The van der Waals surface area contributed by atoms with Gasteiger partial charge in [0, 0.05) is 25.0 Å². The lowest BCUT2D eigenvalue weighted by Crippen LogP contribution is -2.45. The Morgan fingerprint density at radius 3 is 3.08 bits per heavy atom. The minimum absolute atomic E-state index is 0.144. The minimum atomic E-state index is 0.144. The summed E-state index contributed by atoms with van der Waals surface area (Å²) in [5, 5.41) is 0. The standard InChI is InChI=1S/C9H17NO2/c1-8(6-11)5-10-3-4-12-7-9(10)2/h6,8-9H,3-5,7H2,1-2H3. The molecule has 0 N–H and O–H groups in total. The first kappa shape index (κ1) is 9.68. The van der Waals surface area contributed by atoms with E-state index in [-0.39, 0.29) is 5.92 Å². The summed E-state index contributed by atoms with van der Waals surface area (Å²) in [5.41, 5.74) is 0. The Balaban J connectivity index is 2.33. The molecular formula is C9H17NO2. The molecule has 2 unspecified atom stereocenters. The number of hydrogen-bond donors (Lipinski definition) is 0. The summed E-state index contributed by atoms with van der Waals surface area (Å²) in [6.07, 6.45) is 1.02. The van der Waals surface area contributed by atoms with Gasteiger partial charge in [-0.15, -0.1) is 0 Å². The van der Waals surface area contributed by atoms with Crippen molar-refractivity contribution in [3.05, 3.63) is 0 Å². The van der Waals surface area contributed by atoms with Crippen LogP contribution in [0, 0.1) is 5.92 Å². The molecule has 0 spiro atoms. The van der Waals surface area contributed by atoms with Crippen LogP contribution in [0.4, 0.5) is 0 Å². The van der Waals surface area contributed by atoms with E-state index < -0.39 is 0 Å². The zero-order valence-corrected chi connectivity index (χ0v) is 7.82. The van der Waals surface area contributed by atoms with Crippen LogP contribution in [0.2, 0.25) is 0 Å².